The fourth-order valence-corrected chi connectivity index (χ4v) is 5.29. The Labute approximate surface area is 164 Å². The first-order chi connectivity index (χ1) is 13.2. The molecular formula is C22H25NO3S. The van der Waals surface area contributed by atoms with Gasteiger partial charge in [0.05, 0.1) is 18.0 Å². The molecule has 4 nitrogen and oxygen atoms in total. The van der Waals surface area contributed by atoms with Crippen LogP contribution in [0.4, 0.5) is 5.69 Å². The highest BCUT2D eigenvalue weighted by Gasteiger charge is 2.33. The molecule has 5 heteroatoms. The minimum atomic E-state index is -1.10. The van der Waals surface area contributed by atoms with Crippen molar-refractivity contribution in [3.05, 3.63) is 53.6 Å². The van der Waals surface area contributed by atoms with Gasteiger partial charge in [0, 0.05) is 4.90 Å². The Hall–Kier alpha value is -1.98. The van der Waals surface area contributed by atoms with Gasteiger partial charge in [0.1, 0.15) is 11.9 Å². The number of hydrogen-bond donors (Lipinski definition) is 2. The largest absolute Gasteiger partial charge is 0.497 e. The highest BCUT2D eigenvalue weighted by atomic mass is 32.2. The molecule has 0 saturated heterocycles. The van der Waals surface area contributed by atoms with Crippen molar-refractivity contribution in [2.75, 3.05) is 12.4 Å². The number of methoxy groups -OCH3 is 1. The molecule has 1 aliphatic carbocycles. The van der Waals surface area contributed by atoms with E-state index in [4.69, 9.17) is 4.74 Å². The van der Waals surface area contributed by atoms with Gasteiger partial charge >= 0.3 is 0 Å². The van der Waals surface area contributed by atoms with Crippen molar-refractivity contribution in [2.24, 2.45) is 0 Å². The first-order valence-corrected chi connectivity index (χ1v) is 10.5. The van der Waals surface area contributed by atoms with Gasteiger partial charge < -0.3 is 15.2 Å². The Bertz CT molecular complexity index is 815. The van der Waals surface area contributed by atoms with Crippen LogP contribution in [0.25, 0.3) is 0 Å². The molecule has 1 aliphatic heterocycles. The van der Waals surface area contributed by atoms with Crippen LogP contribution in [0, 0.1) is 0 Å². The highest BCUT2D eigenvalue weighted by molar-refractivity contribution is 7.99. The van der Waals surface area contributed by atoms with Crippen LogP contribution in [0.1, 0.15) is 54.4 Å². The maximum absolute atomic E-state index is 12.5. The Morgan fingerprint density at radius 1 is 1.04 bits per heavy atom. The molecule has 1 saturated carbocycles. The van der Waals surface area contributed by atoms with E-state index in [0.29, 0.717) is 5.92 Å². The maximum atomic E-state index is 12.5. The van der Waals surface area contributed by atoms with E-state index >= 15 is 0 Å². The molecule has 1 fully saturated rings. The minimum Gasteiger partial charge on any atom is -0.497 e. The number of thioether (sulfide) groups is 1. The topological polar surface area (TPSA) is 58.6 Å². The number of amides is 1. The maximum Gasteiger partial charge on any atom is 0.254 e. The van der Waals surface area contributed by atoms with Crippen LogP contribution in [-0.4, -0.2) is 24.2 Å². The fraction of sp³-hybridized carbons (Fsp3) is 0.409. The molecule has 0 unspecified atom stereocenters. The van der Waals surface area contributed by atoms with Gasteiger partial charge in [-0.05, 0) is 54.2 Å². The third kappa shape index (κ3) is 3.85. The number of rotatable bonds is 3. The van der Waals surface area contributed by atoms with Crippen molar-refractivity contribution >= 4 is 23.4 Å². The molecule has 2 aliphatic rings. The summed E-state index contributed by atoms with van der Waals surface area (Å²) < 4.78 is 5.22. The molecule has 2 aromatic carbocycles. The SMILES string of the molecule is COc1ccc([C@@H]2Sc3cc(C4CCCCC4)ccc3NC(=O)[C@@H]2O)cc1. The predicted octanol–water partition coefficient (Wildman–Crippen LogP) is 4.89. The van der Waals surface area contributed by atoms with Crippen molar-refractivity contribution in [3.63, 3.8) is 0 Å². The van der Waals surface area contributed by atoms with Crippen molar-refractivity contribution in [2.45, 2.75) is 54.3 Å². The summed E-state index contributed by atoms with van der Waals surface area (Å²) in [7, 11) is 1.63. The predicted molar refractivity (Wildman–Crippen MR) is 108 cm³/mol. The van der Waals surface area contributed by atoms with Gasteiger partial charge in [-0.15, -0.1) is 11.8 Å². The average Bonchev–Trinajstić information content (AvgIpc) is 2.85. The lowest BCUT2D eigenvalue weighted by molar-refractivity contribution is -0.124. The lowest BCUT2D eigenvalue weighted by atomic mass is 9.84. The van der Waals surface area contributed by atoms with E-state index in [1.165, 1.54) is 37.7 Å². The molecule has 0 aromatic heterocycles. The summed E-state index contributed by atoms with van der Waals surface area (Å²) in [5.74, 6) is 1.01. The smallest absolute Gasteiger partial charge is 0.254 e. The average molecular weight is 384 g/mol. The number of aliphatic hydroxyl groups is 1. The van der Waals surface area contributed by atoms with Crippen LogP contribution < -0.4 is 10.1 Å². The monoisotopic (exact) mass is 383 g/mol. The van der Waals surface area contributed by atoms with Crippen LogP contribution in [0.15, 0.2) is 47.4 Å². The zero-order valence-corrected chi connectivity index (χ0v) is 16.3. The number of anilines is 1. The van der Waals surface area contributed by atoms with E-state index < -0.39 is 6.10 Å². The van der Waals surface area contributed by atoms with Gasteiger partial charge in [-0.25, -0.2) is 0 Å². The summed E-state index contributed by atoms with van der Waals surface area (Å²) in [6.07, 6.45) is 5.28. The second kappa shape index (κ2) is 7.95. The summed E-state index contributed by atoms with van der Waals surface area (Å²) in [5.41, 5.74) is 3.05. The van der Waals surface area contributed by atoms with Gasteiger partial charge in [0.2, 0.25) is 0 Å². The van der Waals surface area contributed by atoms with Crippen molar-refractivity contribution in [1.82, 2.24) is 0 Å². The minimum absolute atomic E-state index is 0.348. The molecule has 0 radical (unpaired) electrons. The van der Waals surface area contributed by atoms with Crippen molar-refractivity contribution in [1.29, 1.82) is 0 Å². The van der Waals surface area contributed by atoms with E-state index in [9.17, 15) is 9.90 Å². The van der Waals surface area contributed by atoms with E-state index in [2.05, 4.69) is 17.4 Å². The quantitative estimate of drug-likeness (QED) is 0.792. The summed E-state index contributed by atoms with van der Waals surface area (Å²) in [6.45, 7) is 0. The van der Waals surface area contributed by atoms with Gasteiger partial charge in [-0.3, -0.25) is 4.79 Å². The van der Waals surface area contributed by atoms with Gasteiger partial charge in [0.15, 0.2) is 0 Å². The molecule has 2 aromatic rings. The number of nitrogens with one attached hydrogen (secondary N) is 1. The van der Waals surface area contributed by atoms with Gasteiger partial charge in [0.25, 0.3) is 5.91 Å². The fourth-order valence-electron chi connectivity index (χ4n) is 4.02. The van der Waals surface area contributed by atoms with Crippen LogP contribution in [0.2, 0.25) is 0 Å². The molecule has 1 amide bonds. The number of carbonyl (C=O) groups is 1. The van der Waals surface area contributed by atoms with Crippen molar-refractivity contribution < 1.29 is 14.6 Å². The number of hydrogen-bond acceptors (Lipinski definition) is 4. The summed E-state index contributed by atoms with van der Waals surface area (Å²) in [4.78, 5) is 13.5. The normalized spacial score (nSPS) is 23.3. The van der Waals surface area contributed by atoms with E-state index in [0.717, 1.165) is 21.9 Å². The first kappa shape index (κ1) is 18.4. The van der Waals surface area contributed by atoms with Crippen LogP contribution in [0.5, 0.6) is 5.75 Å². The Balaban J connectivity index is 1.66. The molecule has 1 heterocycles. The van der Waals surface area contributed by atoms with E-state index in [-0.39, 0.29) is 11.2 Å². The van der Waals surface area contributed by atoms with E-state index in [1.54, 1.807) is 18.9 Å². The second-order valence-electron chi connectivity index (χ2n) is 7.34. The molecule has 0 bridgehead atoms. The molecule has 0 spiro atoms. The third-order valence-corrected chi connectivity index (χ3v) is 6.97. The zero-order valence-electron chi connectivity index (χ0n) is 15.5. The number of fused-ring (bicyclic) bond motifs is 1. The highest BCUT2D eigenvalue weighted by Crippen LogP contribution is 2.45. The summed E-state index contributed by atoms with van der Waals surface area (Å²) >= 11 is 1.56. The summed E-state index contributed by atoms with van der Waals surface area (Å²) in [6, 6.07) is 13.9. The van der Waals surface area contributed by atoms with E-state index in [1.807, 2.05) is 30.3 Å². The van der Waals surface area contributed by atoms with Crippen molar-refractivity contribution in [3.8, 4) is 5.75 Å². The Morgan fingerprint density at radius 3 is 2.44 bits per heavy atom. The lowest BCUT2D eigenvalue weighted by Gasteiger charge is -2.23. The van der Waals surface area contributed by atoms with Gasteiger partial charge in [-0.1, -0.05) is 37.5 Å². The number of benzene rings is 2. The zero-order chi connectivity index (χ0) is 18.8. The molecule has 27 heavy (non-hydrogen) atoms. The summed E-state index contributed by atoms with van der Waals surface area (Å²) in [5, 5.41) is 13.2. The first-order valence-electron chi connectivity index (χ1n) is 9.59. The Kier molecular flexibility index (Phi) is 5.41. The molecule has 2 atom stereocenters. The number of ether oxygens (including phenoxy) is 1. The number of carbonyl (C=O) groups excluding carboxylic acids is 1. The number of aliphatic hydroxyl groups excluding tert-OH is 1. The second-order valence-corrected chi connectivity index (χ2v) is 8.52. The third-order valence-electron chi connectivity index (χ3n) is 5.59. The Morgan fingerprint density at radius 2 is 1.74 bits per heavy atom. The van der Waals surface area contributed by atoms with Gasteiger partial charge in [-0.2, -0.15) is 0 Å². The van der Waals surface area contributed by atoms with Crippen LogP contribution in [-0.2, 0) is 4.79 Å². The van der Waals surface area contributed by atoms with Crippen LogP contribution >= 0.6 is 11.8 Å². The lowest BCUT2D eigenvalue weighted by Crippen LogP contribution is -2.30. The standard InChI is InChI=1S/C22H25NO3S/c1-26-17-10-7-15(8-11-17)21-20(24)22(25)23-18-12-9-16(13-19(18)27-21)14-5-3-2-4-6-14/h7-14,20-21,24H,2-6H2,1H3,(H,23,25)/t20-,21+/m1/s1. The molecule has 142 valence electrons. The molecule has 4 rings (SSSR count). The van der Waals surface area contributed by atoms with Crippen LogP contribution in [0.3, 0.4) is 0 Å². The molecular weight excluding hydrogens is 358 g/mol. The molecule has 2 N–H and O–H groups in total.